The Balaban J connectivity index is 2.41. The average Bonchev–Trinajstić information content (AvgIpc) is 2.40. The second kappa shape index (κ2) is 5.04. The van der Waals surface area contributed by atoms with Crippen LogP contribution < -0.4 is 0 Å². The number of carbonyl (C=O) groups excluding carboxylic acids is 1. The molecule has 0 amide bonds. The highest BCUT2D eigenvalue weighted by Gasteiger charge is 2.06. The molecule has 2 rings (SSSR count). The van der Waals surface area contributed by atoms with Crippen molar-refractivity contribution >= 4 is 5.78 Å². The fourth-order valence-corrected chi connectivity index (χ4v) is 1.40. The van der Waals surface area contributed by atoms with Gasteiger partial charge < -0.3 is 0 Å². The van der Waals surface area contributed by atoms with Gasteiger partial charge in [0.15, 0.2) is 0 Å². The Bertz CT molecular complexity index is 594. The van der Waals surface area contributed by atoms with Crippen LogP contribution in [0.5, 0.6) is 0 Å². The Morgan fingerprint density at radius 3 is 2.65 bits per heavy atom. The number of nitrogens with zero attached hydrogens (tertiary/aromatic N) is 2. The van der Waals surface area contributed by atoms with Crippen LogP contribution in [0.3, 0.4) is 0 Å². The lowest BCUT2D eigenvalue weighted by molar-refractivity contribution is 0.105. The minimum absolute atomic E-state index is 0.273. The molecule has 0 aromatic carbocycles. The number of pyridine rings is 2. The summed E-state index contributed by atoms with van der Waals surface area (Å²) in [6, 6.07) is 10.8. The van der Waals surface area contributed by atoms with Gasteiger partial charge in [0.1, 0.15) is 5.69 Å². The molecule has 0 saturated carbocycles. The molecule has 82 valence electrons. The van der Waals surface area contributed by atoms with Crippen LogP contribution in [0.1, 0.15) is 17.4 Å². The standard InChI is InChI=1S/C14H10N2O/c1-2-6-14(17)13-9-5-8-12(16-13)11-7-3-4-10-15-11/h3-5,7-10H,1H3. The van der Waals surface area contributed by atoms with E-state index >= 15 is 0 Å². The molecule has 2 aromatic rings. The maximum Gasteiger partial charge on any atom is 0.254 e. The fraction of sp³-hybridized carbons (Fsp3) is 0.0714. The third-order valence-electron chi connectivity index (χ3n) is 2.15. The van der Waals surface area contributed by atoms with Crippen molar-refractivity contribution in [3.63, 3.8) is 0 Å². The zero-order valence-electron chi connectivity index (χ0n) is 9.34. The molecular formula is C14H10N2O. The van der Waals surface area contributed by atoms with Gasteiger partial charge in [0.2, 0.25) is 0 Å². The van der Waals surface area contributed by atoms with Crippen LogP contribution in [0, 0.1) is 11.8 Å². The molecule has 0 N–H and O–H groups in total. The third kappa shape index (κ3) is 2.56. The van der Waals surface area contributed by atoms with Gasteiger partial charge in [-0.15, -0.1) is 0 Å². The molecule has 0 saturated heterocycles. The van der Waals surface area contributed by atoms with Gasteiger partial charge in [0.05, 0.1) is 11.4 Å². The predicted molar refractivity (Wildman–Crippen MR) is 65.2 cm³/mol. The number of rotatable bonds is 2. The molecule has 0 bridgehead atoms. The fourth-order valence-electron chi connectivity index (χ4n) is 1.40. The Morgan fingerprint density at radius 1 is 1.12 bits per heavy atom. The van der Waals surface area contributed by atoms with Crippen LogP contribution >= 0.6 is 0 Å². The van der Waals surface area contributed by atoms with Crippen molar-refractivity contribution in [1.82, 2.24) is 9.97 Å². The summed E-state index contributed by atoms with van der Waals surface area (Å²) in [5, 5.41) is 0. The number of ketones is 1. The van der Waals surface area contributed by atoms with Crippen molar-refractivity contribution < 1.29 is 4.79 Å². The lowest BCUT2D eigenvalue weighted by Gasteiger charge is -2.00. The minimum atomic E-state index is -0.273. The van der Waals surface area contributed by atoms with E-state index in [1.54, 1.807) is 25.3 Å². The number of carbonyl (C=O) groups is 1. The van der Waals surface area contributed by atoms with Crippen LogP contribution in [0.15, 0.2) is 42.6 Å². The summed E-state index contributed by atoms with van der Waals surface area (Å²) in [5.41, 5.74) is 1.77. The molecule has 0 radical (unpaired) electrons. The smallest absolute Gasteiger partial charge is 0.254 e. The molecule has 0 atom stereocenters. The summed E-state index contributed by atoms with van der Waals surface area (Å²) < 4.78 is 0. The zero-order chi connectivity index (χ0) is 12.1. The average molecular weight is 222 g/mol. The van der Waals surface area contributed by atoms with Crippen molar-refractivity contribution in [2.45, 2.75) is 6.92 Å². The molecule has 2 aromatic heterocycles. The summed E-state index contributed by atoms with van der Waals surface area (Å²) in [4.78, 5) is 20.0. The first kappa shape index (κ1) is 11.0. The van der Waals surface area contributed by atoms with E-state index in [-0.39, 0.29) is 5.78 Å². The molecule has 0 unspecified atom stereocenters. The second-order valence-corrected chi connectivity index (χ2v) is 3.33. The Hall–Kier alpha value is -2.47. The molecule has 0 fully saturated rings. The molecule has 0 aliphatic rings. The third-order valence-corrected chi connectivity index (χ3v) is 2.15. The van der Waals surface area contributed by atoms with Gasteiger partial charge in [-0.3, -0.25) is 9.78 Å². The minimum Gasteiger partial charge on any atom is -0.277 e. The van der Waals surface area contributed by atoms with Crippen LogP contribution in [0.25, 0.3) is 11.4 Å². The van der Waals surface area contributed by atoms with Gasteiger partial charge >= 0.3 is 0 Å². The van der Waals surface area contributed by atoms with Crippen molar-refractivity contribution in [2.24, 2.45) is 0 Å². The van der Waals surface area contributed by atoms with Crippen LogP contribution in [0.4, 0.5) is 0 Å². The van der Waals surface area contributed by atoms with Crippen molar-refractivity contribution in [2.75, 3.05) is 0 Å². The zero-order valence-corrected chi connectivity index (χ0v) is 9.34. The topological polar surface area (TPSA) is 42.9 Å². The van der Waals surface area contributed by atoms with E-state index in [1.165, 1.54) is 0 Å². The number of hydrogen-bond acceptors (Lipinski definition) is 3. The highest BCUT2D eigenvalue weighted by molar-refractivity contribution is 6.07. The molecule has 3 heteroatoms. The van der Waals surface area contributed by atoms with Gasteiger partial charge in [0.25, 0.3) is 5.78 Å². The summed E-state index contributed by atoms with van der Waals surface area (Å²) in [5.74, 6) is 4.77. The number of aromatic nitrogens is 2. The van der Waals surface area contributed by atoms with Crippen molar-refractivity contribution in [3.05, 3.63) is 48.3 Å². The molecular weight excluding hydrogens is 212 g/mol. The first-order chi connectivity index (χ1) is 8.31. The maximum absolute atomic E-state index is 11.6. The largest absolute Gasteiger partial charge is 0.277 e. The van der Waals surface area contributed by atoms with Gasteiger partial charge in [0, 0.05) is 6.20 Å². The van der Waals surface area contributed by atoms with E-state index in [4.69, 9.17) is 0 Å². The van der Waals surface area contributed by atoms with Gasteiger partial charge in [-0.2, -0.15) is 0 Å². The van der Waals surface area contributed by atoms with Crippen LogP contribution in [-0.4, -0.2) is 15.8 Å². The molecule has 2 heterocycles. The Kier molecular flexibility index (Phi) is 3.27. The molecule has 0 aliphatic carbocycles. The first-order valence-corrected chi connectivity index (χ1v) is 5.17. The van der Waals surface area contributed by atoms with E-state index in [1.807, 2.05) is 24.3 Å². The number of hydrogen-bond donors (Lipinski definition) is 0. The van der Waals surface area contributed by atoms with Crippen LogP contribution in [0.2, 0.25) is 0 Å². The molecule has 0 spiro atoms. The quantitative estimate of drug-likeness (QED) is 0.445. The van der Waals surface area contributed by atoms with E-state index in [0.29, 0.717) is 11.4 Å². The van der Waals surface area contributed by atoms with Gasteiger partial charge in [-0.25, -0.2) is 4.98 Å². The lowest BCUT2D eigenvalue weighted by atomic mass is 10.2. The Labute approximate surface area is 99.5 Å². The first-order valence-electron chi connectivity index (χ1n) is 5.17. The summed E-state index contributed by atoms with van der Waals surface area (Å²) >= 11 is 0. The summed E-state index contributed by atoms with van der Waals surface area (Å²) in [7, 11) is 0. The lowest BCUT2D eigenvalue weighted by Crippen LogP contribution is -2.00. The monoisotopic (exact) mass is 222 g/mol. The summed E-state index contributed by atoms with van der Waals surface area (Å²) in [6.45, 7) is 1.63. The SMILES string of the molecule is CC#CC(=O)c1cccc(-c2ccccn2)n1. The normalized spacial score (nSPS) is 9.24. The highest BCUT2D eigenvalue weighted by atomic mass is 16.1. The van der Waals surface area contributed by atoms with Crippen molar-refractivity contribution in [3.8, 4) is 23.2 Å². The molecule has 0 aliphatic heterocycles. The molecule has 17 heavy (non-hydrogen) atoms. The molecule has 3 nitrogen and oxygen atoms in total. The highest BCUT2D eigenvalue weighted by Crippen LogP contribution is 2.13. The van der Waals surface area contributed by atoms with Crippen molar-refractivity contribution in [1.29, 1.82) is 0 Å². The number of Topliss-reactive ketones (excluding diaryl/α,β-unsaturated/α-hetero) is 1. The predicted octanol–water partition coefficient (Wildman–Crippen LogP) is 2.35. The summed E-state index contributed by atoms with van der Waals surface area (Å²) in [6.07, 6.45) is 1.69. The Morgan fingerprint density at radius 2 is 1.94 bits per heavy atom. The van der Waals surface area contributed by atoms with Crippen LogP contribution in [-0.2, 0) is 0 Å². The van der Waals surface area contributed by atoms with E-state index in [0.717, 1.165) is 5.69 Å². The maximum atomic E-state index is 11.6. The van der Waals surface area contributed by atoms with E-state index in [2.05, 4.69) is 21.8 Å². The van der Waals surface area contributed by atoms with Gasteiger partial charge in [-0.1, -0.05) is 18.1 Å². The van der Waals surface area contributed by atoms with Gasteiger partial charge in [-0.05, 0) is 37.1 Å². The van der Waals surface area contributed by atoms with E-state index < -0.39 is 0 Å². The second-order valence-electron chi connectivity index (χ2n) is 3.33. The van der Waals surface area contributed by atoms with E-state index in [9.17, 15) is 4.79 Å².